The van der Waals surface area contributed by atoms with E-state index in [-0.39, 0.29) is 0 Å². The smallest absolute Gasteiger partial charge is 0.0876 e. The fraction of sp³-hybridized carbons (Fsp3) is 0.778. The topological polar surface area (TPSA) is 29.5 Å². The molecule has 0 bridgehead atoms. The molecule has 1 aliphatic heterocycles. The highest BCUT2D eigenvalue weighted by atomic mass is 16.5. The van der Waals surface area contributed by atoms with Crippen molar-refractivity contribution < 1.29 is 9.84 Å². The maximum Gasteiger partial charge on any atom is 0.0876 e. The number of hydrogen-bond donors (Lipinski definition) is 1. The van der Waals surface area contributed by atoms with Crippen molar-refractivity contribution in [3.63, 3.8) is 0 Å². The van der Waals surface area contributed by atoms with Gasteiger partial charge >= 0.3 is 0 Å². The predicted molar refractivity (Wildman–Crippen MR) is 44.2 cm³/mol. The highest BCUT2D eigenvalue weighted by Gasteiger charge is 2.16. The second-order valence-electron chi connectivity index (χ2n) is 3.74. The lowest BCUT2D eigenvalue weighted by Gasteiger charge is -2.21. The molecule has 1 aliphatic rings. The maximum atomic E-state index is 9.47. The van der Waals surface area contributed by atoms with Crippen LogP contribution in [0.2, 0.25) is 0 Å². The summed E-state index contributed by atoms with van der Waals surface area (Å²) in [5.41, 5.74) is 0.635. The predicted octanol–water partition coefficient (Wildman–Crippen LogP) is 1.84. The first kappa shape index (κ1) is 8.60. The lowest BCUT2D eigenvalue weighted by molar-refractivity contribution is 0.0766. The van der Waals surface area contributed by atoms with Gasteiger partial charge in [-0.05, 0) is 38.7 Å². The molecule has 0 unspecified atom stereocenters. The molecule has 0 spiro atoms. The molecule has 0 atom stereocenters. The van der Waals surface area contributed by atoms with Gasteiger partial charge in [0.25, 0.3) is 0 Å². The van der Waals surface area contributed by atoms with Crippen molar-refractivity contribution in [2.75, 3.05) is 6.61 Å². The molecular formula is C9H16O2. The Hall–Kier alpha value is -0.500. The van der Waals surface area contributed by atoms with Gasteiger partial charge in [0.2, 0.25) is 0 Å². The van der Waals surface area contributed by atoms with Gasteiger partial charge in [-0.3, -0.25) is 0 Å². The molecule has 0 fully saturated rings. The van der Waals surface area contributed by atoms with Gasteiger partial charge in [-0.1, -0.05) is 0 Å². The van der Waals surface area contributed by atoms with Crippen molar-refractivity contribution in [1.29, 1.82) is 0 Å². The Morgan fingerprint density at radius 1 is 1.64 bits per heavy atom. The van der Waals surface area contributed by atoms with Gasteiger partial charge in [0, 0.05) is 0 Å². The average Bonchev–Trinajstić information content (AvgIpc) is 1.85. The lowest BCUT2D eigenvalue weighted by Crippen LogP contribution is -2.20. The van der Waals surface area contributed by atoms with Crippen LogP contribution in [0.5, 0.6) is 0 Å². The van der Waals surface area contributed by atoms with E-state index in [1.807, 2.05) is 13.8 Å². The average molecular weight is 156 g/mol. The van der Waals surface area contributed by atoms with Gasteiger partial charge in [0.15, 0.2) is 0 Å². The molecular weight excluding hydrogens is 140 g/mol. The molecule has 0 aromatic rings. The zero-order chi connectivity index (χ0) is 8.32. The van der Waals surface area contributed by atoms with Crippen LogP contribution < -0.4 is 0 Å². The second kappa shape index (κ2) is 3.26. The van der Waals surface area contributed by atoms with Crippen LogP contribution >= 0.6 is 0 Å². The van der Waals surface area contributed by atoms with Crippen molar-refractivity contribution in [2.24, 2.45) is 0 Å². The van der Waals surface area contributed by atoms with Crippen LogP contribution in [0, 0.1) is 0 Å². The molecule has 1 N–H and O–H groups in total. The van der Waals surface area contributed by atoms with E-state index in [0.29, 0.717) is 0 Å². The molecule has 0 aliphatic carbocycles. The molecule has 2 heteroatoms. The van der Waals surface area contributed by atoms with Gasteiger partial charge in [-0.15, -0.1) is 0 Å². The summed E-state index contributed by atoms with van der Waals surface area (Å²) in [5.74, 6) is 0. The quantitative estimate of drug-likeness (QED) is 0.661. The SMILES string of the molecule is CC(C)(O)CC1=COCCC1. The second-order valence-corrected chi connectivity index (χ2v) is 3.74. The van der Waals surface area contributed by atoms with Crippen molar-refractivity contribution >= 4 is 0 Å². The first-order valence-electron chi connectivity index (χ1n) is 4.10. The van der Waals surface area contributed by atoms with E-state index < -0.39 is 5.60 Å². The zero-order valence-electron chi connectivity index (χ0n) is 7.26. The molecule has 1 rings (SSSR count). The van der Waals surface area contributed by atoms with Gasteiger partial charge in [-0.25, -0.2) is 0 Å². The van der Waals surface area contributed by atoms with Crippen molar-refractivity contribution in [1.82, 2.24) is 0 Å². The molecule has 0 saturated carbocycles. The standard InChI is InChI=1S/C9H16O2/c1-9(2,10)6-8-4-3-5-11-7-8/h7,10H,3-6H2,1-2H3. The zero-order valence-corrected chi connectivity index (χ0v) is 7.26. The maximum absolute atomic E-state index is 9.47. The summed E-state index contributed by atoms with van der Waals surface area (Å²) in [6.45, 7) is 4.47. The molecule has 1 heterocycles. The van der Waals surface area contributed by atoms with Crippen LogP contribution in [0.15, 0.2) is 11.8 Å². The van der Waals surface area contributed by atoms with E-state index in [4.69, 9.17) is 4.74 Å². The van der Waals surface area contributed by atoms with Gasteiger partial charge in [0.05, 0.1) is 18.5 Å². The third-order valence-corrected chi connectivity index (χ3v) is 1.67. The van der Waals surface area contributed by atoms with E-state index in [0.717, 1.165) is 25.9 Å². The Morgan fingerprint density at radius 2 is 2.36 bits per heavy atom. The summed E-state index contributed by atoms with van der Waals surface area (Å²) in [4.78, 5) is 0. The lowest BCUT2D eigenvalue weighted by atomic mass is 9.96. The summed E-state index contributed by atoms with van der Waals surface area (Å²) in [6.07, 6.45) is 4.68. The number of aliphatic hydroxyl groups is 1. The van der Waals surface area contributed by atoms with Crippen LogP contribution in [0.25, 0.3) is 0 Å². The Bertz CT molecular complexity index is 153. The molecule has 11 heavy (non-hydrogen) atoms. The van der Waals surface area contributed by atoms with Gasteiger partial charge in [0.1, 0.15) is 0 Å². The van der Waals surface area contributed by atoms with Crippen LogP contribution in [0.1, 0.15) is 33.1 Å². The van der Waals surface area contributed by atoms with E-state index in [1.54, 1.807) is 6.26 Å². The van der Waals surface area contributed by atoms with Crippen molar-refractivity contribution in [3.8, 4) is 0 Å². The van der Waals surface area contributed by atoms with Crippen LogP contribution in [-0.4, -0.2) is 17.3 Å². The Morgan fingerprint density at radius 3 is 2.82 bits per heavy atom. The minimum atomic E-state index is -0.591. The van der Waals surface area contributed by atoms with Gasteiger partial charge in [-0.2, -0.15) is 0 Å². The summed E-state index contributed by atoms with van der Waals surface area (Å²) in [7, 11) is 0. The Kier molecular flexibility index (Phi) is 2.55. The third kappa shape index (κ3) is 3.42. The highest BCUT2D eigenvalue weighted by molar-refractivity contribution is 5.03. The van der Waals surface area contributed by atoms with E-state index in [1.165, 1.54) is 5.57 Å². The summed E-state index contributed by atoms with van der Waals surface area (Å²) in [6, 6.07) is 0. The van der Waals surface area contributed by atoms with Crippen LogP contribution in [0.3, 0.4) is 0 Å². The number of rotatable bonds is 2. The normalized spacial score (nSPS) is 19.0. The van der Waals surface area contributed by atoms with Crippen molar-refractivity contribution in [3.05, 3.63) is 11.8 Å². The molecule has 2 nitrogen and oxygen atoms in total. The largest absolute Gasteiger partial charge is 0.501 e. The highest BCUT2D eigenvalue weighted by Crippen LogP contribution is 2.21. The number of hydrogen-bond acceptors (Lipinski definition) is 2. The van der Waals surface area contributed by atoms with Gasteiger partial charge < -0.3 is 9.84 Å². The summed E-state index contributed by atoms with van der Waals surface area (Å²) >= 11 is 0. The first-order chi connectivity index (χ1) is 5.08. The fourth-order valence-corrected chi connectivity index (χ4v) is 1.30. The third-order valence-electron chi connectivity index (χ3n) is 1.67. The molecule has 64 valence electrons. The monoisotopic (exact) mass is 156 g/mol. The number of ether oxygens (including phenoxy) is 1. The first-order valence-corrected chi connectivity index (χ1v) is 4.10. The summed E-state index contributed by atoms with van der Waals surface area (Å²) in [5, 5.41) is 9.47. The van der Waals surface area contributed by atoms with Crippen LogP contribution in [0.4, 0.5) is 0 Å². The van der Waals surface area contributed by atoms with E-state index in [2.05, 4.69) is 0 Å². The molecule has 0 aromatic carbocycles. The molecule has 0 saturated heterocycles. The molecule has 0 aromatic heterocycles. The van der Waals surface area contributed by atoms with Crippen LogP contribution in [-0.2, 0) is 4.74 Å². The van der Waals surface area contributed by atoms with E-state index >= 15 is 0 Å². The minimum absolute atomic E-state index is 0.591. The van der Waals surface area contributed by atoms with E-state index in [9.17, 15) is 5.11 Å². The fourth-order valence-electron chi connectivity index (χ4n) is 1.30. The Balaban J connectivity index is 2.42. The summed E-state index contributed by atoms with van der Waals surface area (Å²) < 4.78 is 5.15. The molecule has 0 radical (unpaired) electrons. The minimum Gasteiger partial charge on any atom is -0.501 e. The Labute approximate surface area is 67.9 Å². The van der Waals surface area contributed by atoms with Crippen molar-refractivity contribution in [2.45, 2.75) is 38.7 Å². The molecule has 0 amide bonds.